The van der Waals surface area contributed by atoms with Gasteiger partial charge in [0.05, 0.1) is 30.0 Å². The molecule has 0 bridgehead atoms. The molecule has 0 amide bonds. The number of rotatable bonds is 6. The van der Waals surface area contributed by atoms with Gasteiger partial charge in [0.15, 0.2) is 6.29 Å². The fourth-order valence-corrected chi connectivity index (χ4v) is 5.14. The normalized spacial score (nSPS) is 45.0. The van der Waals surface area contributed by atoms with Crippen LogP contribution in [0.4, 0.5) is 0 Å². The maximum atomic E-state index is 11.6. The van der Waals surface area contributed by atoms with E-state index < -0.39 is 54.5 Å². The second-order valence-electron chi connectivity index (χ2n) is 8.78. The van der Waals surface area contributed by atoms with Crippen LogP contribution in [0.25, 0.3) is 0 Å². The molecule has 2 aliphatic heterocycles. The Kier molecular flexibility index (Phi) is 6.92. The minimum absolute atomic E-state index is 0.255. The number of pyridine rings is 1. The number of nitrogens with zero attached hydrogens (tertiary/aromatic N) is 1. The van der Waals surface area contributed by atoms with E-state index in [0.717, 1.165) is 5.69 Å². The SMILES string of the molecule is CNC1C(O)C(NC)C2OC3C(OC(C)CC3(O)CNCc3ccccn3)OC2C1O. The van der Waals surface area contributed by atoms with Gasteiger partial charge in [0.25, 0.3) is 0 Å². The summed E-state index contributed by atoms with van der Waals surface area (Å²) in [7, 11) is 3.41. The van der Waals surface area contributed by atoms with E-state index in [-0.39, 0.29) is 12.6 Å². The van der Waals surface area contributed by atoms with Crippen molar-refractivity contribution in [3.05, 3.63) is 30.1 Å². The van der Waals surface area contributed by atoms with Gasteiger partial charge in [-0.3, -0.25) is 4.98 Å². The van der Waals surface area contributed by atoms with Crippen LogP contribution >= 0.6 is 0 Å². The van der Waals surface area contributed by atoms with Crippen LogP contribution in [0.1, 0.15) is 19.0 Å². The maximum Gasteiger partial charge on any atom is 0.187 e. The van der Waals surface area contributed by atoms with Gasteiger partial charge in [-0.2, -0.15) is 0 Å². The largest absolute Gasteiger partial charge is 0.390 e. The molecular weight excluding hydrogens is 404 g/mol. The summed E-state index contributed by atoms with van der Waals surface area (Å²) in [6.45, 7) is 2.64. The summed E-state index contributed by atoms with van der Waals surface area (Å²) < 4.78 is 18.4. The first-order valence-corrected chi connectivity index (χ1v) is 10.9. The molecule has 10 nitrogen and oxygen atoms in total. The van der Waals surface area contributed by atoms with Crippen LogP contribution in [0.2, 0.25) is 0 Å². The van der Waals surface area contributed by atoms with Crippen LogP contribution in [0.5, 0.6) is 0 Å². The lowest BCUT2D eigenvalue weighted by molar-refractivity contribution is -0.384. The van der Waals surface area contributed by atoms with Gasteiger partial charge in [-0.15, -0.1) is 0 Å². The molecule has 0 aromatic carbocycles. The van der Waals surface area contributed by atoms with Gasteiger partial charge in [0, 0.05) is 25.7 Å². The van der Waals surface area contributed by atoms with Gasteiger partial charge < -0.3 is 45.5 Å². The summed E-state index contributed by atoms with van der Waals surface area (Å²) >= 11 is 0. The number of aliphatic hydroxyl groups is 3. The molecule has 3 aliphatic rings. The third-order valence-electron chi connectivity index (χ3n) is 6.63. The number of nitrogens with one attached hydrogen (secondary N) is 3. The van der Waals surface area contributed by atoms with E-state index in [1.807, 2.05) is 25.1 Å². The molecule has 6 N–H and O–H groups in total. The predicted molar refractivity (Wildman–Crippen MR) is 111 cm³/mol. The van der Waals surface area contributed by atoms with Crippen LogP contribution in [0.3, 0.4) is 0 Å². The van der Waals surface area contributed by atoms with Crippen molar-refractivity contribution in [3.8, 4) is 0 Å². The standard InChI is InChI=1S/C21H34N4O6/c1-11-8-21(28,10-24-9-12-6-4-5-7-25-12)19-20(29-11)31-18-16(27)13(22-2)15(26)14(23-3)17(18)30-19/h4-7,11,13-20,22-24,26-28H,8-10H2,1-3H3. The lowest BCUT2D eigenvalue weighted by Crippen LogP contribution is -2.77. The second kappa shape index (κ2) is 9.34. The Morgan fingerprint density at radius 2 is 1.84 bits per heavy atom. The smallest absolute Gasteiger partial charge is 0.187 e. The Bertz CT molecular complexity index is 729. The molecule has 10 unspecified atom stereocenters. The first-order valence-electron chi connectivity index (χ1n) is 10.9. The fraction of sp³-hybridized carbons (Fsp3) is 0.762. The van der Waals surface area contributed by atoms with E-state index in [2.05, 4.69) is 20.9 Å². The first kappa shape index (κ1) is 23.0. The second-order valence-corrected chi connectivity index (χ2v) is 8.78. The monoisotopic (exact) mass is 438 g/mol. The Labute approximate surface area is 182 Å². The van der Waals surface area contributed by atoms with Crippen LogP contribution in [-0.2, 0) is 20.8 Å². The van der Waals surface area contributed by atoms with Crippen LogP contribution in [-0.4, -0.2) is 102 Å². The van der Waals surface area contributed by atoms with Gasteiger partial charge in [-0.1, -0.05) is 6.07 Å². The maximum absolute atomic E-state index is 11.6. The molecule has 1 aromatic rings. The lowest BCUT2D eigenvalue weighted by atomic mass is 9.79. The zero-order valence-electron chi connectivity index (χ0n) is 18.1. The van der Waals surface area contributed by atoms with E-state index in [1.165, 1.54) is 0 Å². The quantitative estimate of drug-likeness (QED) is 0.299. The van der Waals surface area contributed by atoms with E-state index >= 15 is 0 Å². The number of fused-ring (bicyclic) bond motifs is 2. The number of hydrogen-bond donors (Lipinski definition) is 6. The van der Waals surface area contributed by atoms with Crippen molar-refractivity contribution < 1.29 is 29.5 Å². The zero-order chi connectivity index (χ0) is 22.2. The van der Waals surface area contributed by atoms with Crippen molar-refractivity contribution in [1.82, 2.24) is 20.9 Å². The van der Waals surface area contributed by atoms with E-state index in [4.69, 9.17) is 14.2 Å². The van der Waals surface area contributed by atoms with E-state index in [9.17, 15) is 15.3 Å². The Hall–Kier alpha value is -1.21. The highest BCUT2D eigenvalue weighted by molar-refractivity contribution is 5.10. The van der Waals surface area contributed by atoms with Crippen LogP contribution < -0.4 is 16.0 Å². The topological polar surface area (TPSA) is 137 Å². The summed E-state index contributed by atoms with van der Waals surface area (Å²) in [4.78, 5) is 4.29. The third kappa shape index (κ3) is 4.37. The number of hydrogen-bond acceptors (Lipinski definition) is 10. The molecule has 174 valence electrons. The molecule has 3 fully saturated rings. The Balaban J connectivity index is 1.51. The molecule has 0 spiro atoms. The molecule has 4 rings (SSSR count). The highest BCUT2D eigenvalue weighted by Gasteiger charge is 2.60. The van der Waals surface area contributed by atoms with Gasteiger partial charge >= 0.3 is 0 Å². The molecule has 31 heavy (non-hydrogen) atoms. The summed E-state index contributed by atoms with van der Waals surface area (Å²) in [6, 6.07) is 4.61. The minimum atomic E-state index is -1.25. The first-order chi connectivity index (χ1) is 14.9. The fourth-order valence-electron chi connectivity index (χ4n) is 5.14. The summed E-state index contributed by atoms with van der Waals surface area (Å²) in [5.74, 6) is 0. The molecule has 1 saturated carbocycles. The molecule has 1 aromatic heterocycles. The number of aromatic nitrogens is 1. The number of likely N-dealkylation sites (N-methyl/N-ethyl adjacent to an activating group) is 2. The van der Waals surface area contributed by atoms with Crippen LogP contribution in [0.15, 0.2) is 24.4 Å². The van der Waals surface area contributed by atoms with Crippen molar-refractivity contribution in [2.24, 2.45) is 0 Å². The number of aliphatic hydroxyl groups excluding tert-OH is 2. The predicted octanol–water partition coefficient (Wildman–Crippen LogP) is -1.90. The summed E-state index contributed by atoms with van der Waals surface area (Å²) in [5, 5.41) is 42.4. The lowest BCUT2D eigenvalue weighted by Gasteiger charge is -2.57. The molecule has 3 heterocycles. The van der Waals surface area contributed by atoms with Crippen molar-refractivity contribution in [2.45, 2.75) is 80.5 Å². The van der Waals surface area contributed by atoms with Crippen molar-refractivity contribution in [3.63, 3.8) is 0 Å². The van der Waals surface area contributed by atoms with Crippen LogP contribution in [0, 0.1) is 0 Å². The molecule has 10 atom stereocenters. The average molecular weight is 439 g/mol. The highest BCUT2D eigenvalue weighted by Crippen LogP contribution is 2.40. The number of ether oxygens (including phenoxy) is 3. The molecule has 2 saturated heterocycles. The van der Waals surface area contributed by atoms with Gasteiger partial charge in [0.1, 0.15) is 30.0 Å². The summed E-state index contributed by atoms with van der Waals surface area (Å²) in [5.41, 5.74) is -0.383. The van der Waals surface area contributed by atoms with Crippen molar-refractivity contribution in [2.75, 3.05) is 20.6 Å². The highest BCUT2D eigenvalue weighted by atomic mass is 16.7. The molecule has 0 radical (unpaired) electrons. The molecule has 10 heteroatoms. The van der Waals surface area contributed by atoms with Gasteiger partial charge in [0.2, 0.25) is 0 Å². The van der Waals surface area contributed by atoms with Crippen molar-refractivity contribution >= 4 is 0 Å². The average Bonchev–Trinajstić information content (AvgIpc) is 2.74. The zero-order valence-corrected chi connectivity index (χ0v) is 18.1. The van der Waals surface area contributed by atoms with E-state index in [0.29, 0.717) is 13.0 Å². The third-order valence-corrected chi connectivity index (χ3v) is 6.63. The van der Waals surface area contributed by atoms with Gasteiger partial charge in [-0.25, -0.2) is 0 Å². The van der Waals surface area contributed by atoms with E-state index in [1.54, 1.807) is 20.3 Å². The van der Waals surface area contributed by atoms with Crippen molar-refractivity contribution in [1.29, 1.82) is 0 Å². The van der Waals surface area contributed by atoms with Gasteiger partial charge in [-0.05, 0) is 33.2 Å². The summed E-state index contributed by atoms with van der Waals surface area (Å²) in [6.07, 6.45) is -3.03. The molecule has 1 aliphatic carbocycles. The Morgan fingerprint density at radius 3 is 2.52 bits per heavy atom. The minimum Gasteiger partial charge on any atom is -0.390 e. The Morgan fingerprint density at radius 1 is 1.06 bits per heavy atom. The molecular formula is C21H34N4O6.